The summed E-state index contributed by atoms with van der Waals surface area (Å²) in [6, 6.07) is 13.5. The molecule has 0 fully saturated rings. The number of imidazole rings is 1. The number of amides is 1. The molecular weight excluding hydrogens is 356 g/mol. The van der Waals surface area contributed by atoms with Crippen molar-refractivity contribution in [3.63, 3.8) is 0 Å². The summed E-state index contributed by atoms with van der Waals surface area (Å²) in [6.45, 7) is -2.55. The van der Waals surface area contributed by atoms with Gasteiger partial charge in [-0.3, -0.25) is 13.9 Å². The molecule has 1 heterocycles. The molecule has 27 heavy (non-hydrogen) atoms. The topological polar surface area (TPSA) is 65.3 Å². The van der Waals surface area contributed by atoms with Gasteiger partial charge < -0.3 is 10.1 Å². The molecule has 1 aromatic heterocycles. The number of aromatic nitrogens is 2. The molecule has 0 bridgehead atoms. The molecule has 0 aliphatic rings. The van der Waals surface area contributed by atoms with Crippen molar-refractivity contribution in [3.8, 4) is 5.75 Å². The van der Waals surface area contributed by atoms with Crippen LogP contribution in [0.5, 0.6) is 5.75 Å². The lowest BCUT2D eigenvalue weighted by atomic mass is 10.1. The highest BCUT2D eigenvalue weighted by Gasteiger charge is 2.12. The first-order chi connectivity index (χ1) is 13.0. The minimum atomic E-state index is -2.85. The summed E-state index contributed by atoms with van der Waals surface area (Å²) in [5, 5.41) is 2.77. The molecule has 0 radical (unpaired) electrons. The summed E-state index contributed by atoms with van der Waals surface area (Å²) >= 11 is 0. The maximum Gasteiger partial charge on any atom is 0.387 e. The van der Waals surface area contributed by atoms with Crippen molar-refractivity contribution in [1.29, 1.82) is 0 Å². The second-order valence-corrected chi connectivity index (χ2v) is 6.04. The molecule has 0 atom stereocenters. The van der Waals surface area contributed by atoms with Gasteiger partial charge >= 0.3 is 12.3 Å². The summed E-state index contributed by atoms with van der Waals surface area (Å²) in [5.74, 6) is -0.181. The molecule has 0 aliphatic carbocycles. The number of nitrogens with zero attached hydrogens (tertiary/aromatic N) is 2. The third-order valence-electron chi connectivity index (χ3n) is 4.24. The van der Waals surface area contributed by atoms with Gasteiger partial charge in [0.05, 0.1) is 11.0 Å². The highest BCUT2D eigenvalue weighted by Crippen LogP contribution is 2.15. The summed E-state index contributed by atoms with van der Waals surface area (Å²) in [4.78, 5) is 24.5. The van der Waals surface area contributed by atoms with E-state index in [1.54, 1.807) is 25.2 Å². The zero-order valence-corrected chi connectivity index (χ0v) is 14.7. The number of halogens is 2. The van der Waals surface area contributed by atoms with Crippen LogP contribution in [0.3, 0.4) is 0 Å². The van der Waals surface area contributed by atoms with Gasteiger partial charge in [0, 0.05) is 13.6 Å². The average molecular weight is 375 g/mol. The summed E-state index contributed by atoms with van der Waals surface area (Å²) < 4.78 is 31.5. The fraction of sp³-hybridized carbons (Fsp3) is 0.263. The van der Waals surface area contributed by atoms with Gasteiger partial charge in [0.15, 0.2) is 0 Å². The number of para-hydroxylation sites is 2. The van der Waals surface area contributed by atoms with Gasteiger partial charge in [-0.25, -0.2) is 4.79 Å². The number of hydrogen-bond acceptors (Lipinski definition) is 3. The van der Waals surface area contributed by atoms with Crippen molar-refractivity contribution in [2.75, 3.05) is 6.54 Å². The largest absolute Gasteiger partial charge is 0.435 e. The fourth-order valence-corrected chi connectivity index (χ4v) is 2.90. The third kappa shape index (κ3) is 4.33. The van der Waals surface area contributed by atoms with E-state index in [1.165, 1.54) is 21.3 Å². The second-order valence-electron chi connectivity index (χ2n) is 6.04. The quantitative estimate of drug-likeness (QED) is 0.689. The lowest BCUT2D eigenvalue weighted by molar-refractivity contribution is -0.121. The minimum absolute atomic E-state index is 0.0681. The van der Waals surface area contributed by atoms with Crippen LogP contribution >= 0.6 is 0 Å². The normalized spacial score (nSPS) is 11.1. The van der Waals surface area contributed by atoms with E-state index in [0.717, 1.165) is 11.1 Å². The van der Waals surface area contributed by atoms with Crippen molar-refractivity contribution in [1.82, 2.24) is 14.5 Å². The zero-order valence-electron chi connectivity index (χ0n) is 14.7. The third-order valence-corrected chi connectivity index (χ3v) is 4.24. The van der Waals surface area contributed by atoms with Gasteiger partial charge in [0.25, 0.3) is 0 Å². The van der Waals surface area contributed by atoms with Crippen molar-refractivity contribution in [2.45, 2.75) is 19.6 Å². The van der Waals surface area contributed by atoms with E-state index in [-0.39, 0.29) is 23.9 Å². The smallest absolute Gasteiger partial charge is 0.387 e. The van der Waals surface area contributed by atoms with E-state index in [2.05, 4.69) is 10.1 Å². The first-order valence-corrected chi connectivity index (χ1v) is 8.40. The van der Waals surface area contributed by atoms with Crippen LogP contribution in [0.2, 0.25) is 0 Å². The Hall–Kier alpha value is -3.16. The van der Waals surface area contributed by atoms with Gasteiger partial charge in [-0.2, -0.15) is 8.78 Å². The van der Waals surface area contributed by atoms with Crippen LogP contribution in [0.15, 0.2) is 53.3 Å². The summed E-state index contributed by atoms with van der Waals surface area (Å²) in [6.07, 6.45) is 0.533. The standard InChI is InChI=1S/C19H19F2N3O3/c1-23-15-4-2-3-5-16(15)24(19(23)26)12-17(25)22-11-10-13-6-8-14(9-7-13)27-18(20)21/h2-9,18H,10-12H2,1H3,(H,22,25). The van der Waals surface area contributed by atoms with Crippen LogP contribution in [-0.2, 0) is 24.8 Å². The van der Waals surface area contributed by atoms with E-state index in [1.807, 2.05) is 18.2 Å². The van der Waals surface area contributed by atoms with E-state index in [4.69, 9.17) is 0 Å². The number of carbonyl (C=O) groups excluding carboxylic acids is 1. The average Bonchev–Trinajstić information content (AvgIpc) is 2.88. The summed E-state index contributed by atoms with van der Waals surface area (Å²) in [5.41, 5.74) is 2.09. The van der Waals surface area contributed by atoms with Crippen LogP contribution in [0.1, 0.15) is 5.56 Å². The predicted molar refractivity (Wildman–Crippen MR) is 97.0 cm³/mol. The number of fused-ring (bicyclic) bond motifs is 1. The molecule has 6 nitrogen and oxygen atoms in total. The number of rotatable bonds is 7. The van der Waals surface area contributed by atoms with Crippen LogP contribution in [0.4, 0.5) is 8.78 Å². The Morgan fingerprint density at radius 1 is 1.11 bits per heavy atom. The molecule has 0 spiro atoms. The Morgan fingerprint density at radius 3 is 2.44 bits per heavy atom. The molecule has 0 saturated heterocycles. The molecule has 0 unspecified atom stereocenters. The Labute approximate surface area is 154 Å². The highest BCUT2D eigenvalue weighted by molar-refractivity contribution is 5.80. The molecule has 8 heteroatoms. The SMILES string of the molecule is Cn1c(=O)n(CC(=O)NCCc2ccc(OC(F)F)cc2)c2ccccc21. The molecular formula is C19H19F2N3O3. The number of hydrogen-bond donors (Lipinski definition) is 1. The highest BCUT2D eigenvalue weighted by atomic mass is 19.3. The summed E-state index contributed by atoms with van der Waals surface area (Å²) in [7, 11) is 1.67. The molecule has 3 rings (SSSR count). The van der Waals surface area contributed by atoms with Crippen LogP contribution < -0.4 is 15.7 Å². The van der Waals surface area contributed by atoms with Crippen LogP contribution in [-0.4, -0.2) is 28.2 Å². The minimum Gasteiger partial charge on any atom is -0.435 e. The molecule has 2 aromatic carbocycles. The number of nitrogens with one attached hydrogen (secondary N) is 1. The Morgan fingerprint density at radius 2 is 1.78 bits per heavy atom. The Bertz CT molecular complexity index is 994. The van der Waals surface area contributed by atoms with E-state index in [0.29, 0.717) is 18.5 Å². The van der Waals surface area contributed by atoms with Crippen LogP contribution in [0.25, 0.3) is 11.0 Å². The lowest BCUT2D eigenvalue weighted by Gasteiger charge is -2.08. The van der Waals surface area contributed by atoms with E-state index < -0.39 is 6.61 Å². The van der Waals surface area contributed by atoms with E-state index >= 15 is 0 Å². The van der Waals surface area contributed by atoms with Gasteiger partial charge in [-0.1, -0.05) is 24.3 Å². The fourth-order valence-electron chi connectivity index (χ4n) is 2.90. The maximum atomic E-state index is 12.3. The van der Waals surface area contributed by atoms with Crippen molar-refractivity contribution in [3.05, 3.63) is 64.6 Å². The van der Waals surface area contributed by atoms with Gasteiger partial charge in [-0.05, 0) is 36.2 Å². The second kappa shape index (κ2) is 8.03. The predicted octanol–water partition coefficient (Wildman–Crippen LogP) is 2.30. The van der Waals surface area contributed by atoms with Gasteiger partial charge in [0.1, 0.15) is 12.3 Å². The first-order valence-electron chi connectivity index (χ1n) is 8.40. The first kappa shape index (κ1) is 18.6. The number of ether oxygens (including phenoxy) is 1. The monoisotopic (exact) mass is 375 g/mol. The maximum absolute atomic E-state index is 12.3. The molecule has 142 valence electrons. The van der Waals surface area contributed by atoms with Crippen LogP contribution in [0, 0.1) is 0 Å². The van der Waals surface area contributed by atoms with E-state index in [9.17, 15) is 18.4 Å². The Balaban J connectivity index is 1.56. The zero-order chi connectivity index (χ0) is 19.4. The Kier molecular flexibility index (Phi) is 5.54. The molecule has 1 N–H and O–H groups in total. The number of aryl methyl sites for hydroxylation is 1. The number of benzene rings is 2. The van der Waals surface area contributed by atoms with Crippen molar-refractivity contribution >= 4 is 16.9 Å². The van der Waals surface area contributed by atoms with Gasteiger partial charge in [-0.15, -0.1) is 0 Å². The van der Waals surface area contributed by atoms with Crippen molar-refractivity contribution < 1.29 is 18.3 Å². The van der Waals surface area contributed by atoms with Gasteiger partial charge in [0.2, 0.25) is 5.91 Å². The van der Waals surface area contributed by atoms with Crippen molar-refractivity contribution in [2.24, 2.45) is 7.05 Å². The number of carbonyl (C=O) groups is 1. The lowest BCUT2D eigenvalue weighted by Crippen LogP contribution is -2.33. The molecule has 0 aliphatic heterocycles. The molecule has 1 amide bonds. The molecule has 0 saturated carbocycles. The molecule has 3 aromatic rings. The number of alkyl halides is 2.